The average Bonchev–Trinajstić information content (AvgIpc) is 2.76. The maximum absolute atomic E-state index is 11.6. The summed E-state index contributed by atoms with van der Waals surface area (Å²) in [6, 6.07) is 4.94. The maximum Gasteiger partial charge on any atom is 0.341 e. The standard InChI is InChI=1S/C14H14N2O5S/c1-2-20-10-5-8(3-4-9(10)21-7-12(17)18)6-11-13(19)16-14(15)22-11/h3-6H,2,7H2,1H3,(H,17,18)(H2,15,16,19)/b11-6+. The van der Waals surface area contributed by atoms with Gasteiger partial charge in [-0.1, -0.05) is 6.07 Å². The van der Waals surface area contributed by atoms with Gasteiger partial charge in [-0.15, -0.1) is 0 Å². The predicted molar refractivity (Wildman–Crippen MR) is 82.9 cm³/mol. The second kappa shape index (κ2) is 6.99. The minimum absolute atomic E-state index is 0.211. The molecule has 0 spiro atoms. The number of amidine groups is 1. The van der Waals surface area contributed by atoms with Gasteiger partial charge in [0.25, 0.3) is 5.91 Å². The van der Waals surface area contributed by atoms with Gasteiger partial charge in [-0.3, -0.25) is 4.79 Å². The summed E-state index contributed by atoms with van der Waals surface area (Å²) in [5, 5.41) is 8.86. The van der Waals surface area contributed by atoms with Crippen molar-refractivity contribution in [1.82, 2.24) is 0 Å². The normalized spacial score (nSPS) is 15.8. The van der Waals surface area contributed by atoms with Crippen molar-refractivity contribution in [1.29, 1.82) is 0 Å². The summed E-state index contributed by atoms with van der Waals surface area (Å²) in [4.78, 5) is 26.2. The molecule has 3 N–H and O–H groups in total. The van der Waals surface area contributed by atoms with Gasteiger partial charge in [-0.2, -0.15) is 4.99 Å². The largest absolute Gasteiger partial charge is 0.490 e. The molecule has 0 atom stereocenters. The lowest BCUT2D eigenvalue weighted by Crippen LogP contribution is -2.10. The molecule has 0 aromatic heterocycles. The summed E-state index contributed by atoms with van der Waals surface area (Å²) in [5.74, 6) is -0.726. The Balaban J connectivity index is 2.23. The second-order valence-corrected chi connectivity index (χ2v) is 5.25. The zero-order chi connectivity index (χ0) is 16.1. The van der Waals surface area contributed by atoms with E-state index in [1.54, 1.807) is 31.2 Å². The SMILES string of the molecule is CCOc1cc(/C=C2/SC(N)=NC2=O)ccc1OCC(=O)O. The van der Waals surface area contributed by atoms with Crippen molar-refractivity contribution in [3.63, 3.8) is 0 Å². The zero-order valence-corrected chi connectivity index (χ0v) is 12.6. The quantitative estimate of drug-likeness (QED) is 0.763. The molecule has 1 aromatic rings. The van der Waals surface area contributed by atoms with Crippen molar-refractivity contribution in [3.05, 3.63) is 28.7 Å². The fourth-order valence-corrected chi connectivity index (χ4v) is 2.40. The van der Waals surface area contributed by atoms with E-state index in [4.69, 9.17) is 20.3 Å². The number of thioether (sulfide) groups is 1. The van der Waals surface area contributed by atoms with Crippen LogP contribution in [-0.4, -0.2) is 35.4 Å². The first-order chi connectivity index (χ1) is 10.5. The molecule has 0 radical (unpaired) electrons. The van der Waals surface area contributed by atoms with Gasteiger partial charge in [0, 0.05) is 0 Å². The Hall–Kier alpha value is -2.48. The lowest BCUT2D eigenvalue weighted by Gasteiger charge is -2.11. The van der Waals surface area contributed by atoms with E-state index in [2.05, 4.69) is 4.99 Å². The molecular weight excluding hydrogens is 308 g/mol. The Morgan fingerprint density at radius 3 is 2.77 bits per heavy atom. The number of carboxylic acid groups (broad SMARTS) is 1. The van der Waals surface area contributed by atoms with Crippen LogP contribution in [0.15, 0.2) is 28.1 Å². The van der Waals surface area contributed by atoms with Crippen LogP contribution in [0.4, 0.5) is 0 Å². The Morgan fingerprint density at radius 2 is 2.18 bits per heavy atom. The average molecular weight is 322 g/mol. The highest BCUT2D eigenvalue weighted by Crippen LogP contribution is 2.32. The van der Waals surface area contributed by atoms with Crippen molar-refractivity contribution in [2.24, 2.45) is 10.7 Å². The summed E-state index contributed by atoms with van der Waals surface area (Å²) >= 11 is 1.10. The third-order valence-electron chi connectivity index (χ3n) is 2.55. The number of nitrogens with two attached hydrogens (primary N) is 1. The molecule has 0 bridgehead atoms. The highest BCUT2D eigenvalue weighted by atomic mass is 32.2. The molecule has 7 nitrogen and oxygen atoms in total. The first-order valence-corrected chi connectivity index (χ1v) is 7.20. The minimum Gasteiger partial charge on any atom is -0.490 e. The van der Waals surface area contributed by atoms with Gasteiger partial charge >= 0.3 is 5.97 Å². The number of nitrogens with zero attached hydrogens (tertiary/aromatic N) is 1. The van der Waals surface area contributed by atoms with Gasteiger partial charge in [0.05, 0.1) is 11.5 Å². The van der Waals surface area contributed by atoms with Crippen LogP contribution < -0.4 is 15.2 Å². The van der Waals surface area contributed by atoms with E-state index in [1.807, 2.05) is 0 Å². The van der Waals surface area contributed by atoms with Crippen LogP contribution in [0.3, 0.4) is 0 Å². The number of carbonyl (C=O) groups excluding carboxylic acids is 1. The number of carbonyl (C=O) groups is 2. The minimum atomic E-state index is -1.07. The van der Waals surface area contributed by atoms with Crippen LogP contribution in [-0.2, 0) is 9.59 Å². The van der Waals surface area contributed by atoms with E-state index in [1.165, 1.54) is 0 Å². The number of amides is 1. The van der Waals surface area contributed by atoms with Gasteiger partial charge in [-0.25, -0.2) is 4.79 Å². The van der Waals surface area contributed by atoms with Gasteiger partial charge < -0.3 is 20.3 Å². The number of hydrogen-bond donors (Lipinski definition) is 2. The maximum atomic E-state index is 11.6. The van der Waals surface area contributed by atoms with Crippen molar-refractivity contribution >= 4 is 34.9 Å². The molecule has 8 heteroatoms. The molecule has 1 amide bonds. The Morgan fingerprint density at radius 1 is 1.41 bits per heavy atom. The van der Waals surface area contributed by atoms with E-state index in [0.29, 0.717) is 28.6 Å². The number of ether oxygens (including phenoxy) is 2. The molecule has 22 heavy (non-hydrogen) atoms. The third kappa shape index (κ3) is 4.01. The molecule has 0 aliphatic carbocycles. The molecule has 1 aliphatic rings. The lowest BCUT2D eigenvalue weighted by atomic mass is 10.2. The first kappa shape index (κ1) is 15.9. The summed E-state index contributed by atoms with van der Waals surface area (Å²) in [7, 11) is 0. The van der Waals surface area contributed by atoms with Gasteiger partial charge in [-0.05, 0) is 42.5 Å². The van der Waals surface area contributed by atoms with E-state index in [0.717, 1.165) is 11.8 Å². The molecule has 1 heterocycles. The van der Waals surface area contributed by atoms with E-state index < -0.39 is 12.6 Å². The third-order valence-corrected chi connectivity index (χ3v) is 3.37. The number of aliphatic imine (C=N–C) groups is 1. The molecule has 1 aromatic carbocycles. The fraction of sp³-hybridized carbons (Fsp3) is 0.214. The Labute approximate surface area is 130 Å². The van der Waals surface area contributed by atoms with Crippen molar-refractivity contribution < 1.29 is 24.2 Å². The molecule has 0 saturated heterocycles. The Bertz CT molecular complexity index is 669. The van der Waals surface area contributed by atoms with Crippen LogP contribution >= 0.6 is 11.8 Å². The highest BCUT2D eigenvalue weighted by Gasteiger charge is 2.19. The molecule has 0 unspecified atom stereocenters. The summed E-state index contributed by atoms with van der Waals surface area (Å²) in [6.45, 7) is 1.74. The molecule has 0 saturated carbocycles. The zero-order valence-electron chi connectivity index (χ0n) is 11.7. The van der Waals surface area contributed by atoms with E-state index in [-0.39, 0.29) is 11.1 Å². The summed E-state index contributed by atoms with van der Waals surface area (Å²) in [6.07, 6.45) is 1.64. The van der Waals surface area contributed by atoms with Gasteiger partial charge in [0.15, 0.2) is 23.3 Å². The van der Waals surface area contributed by atoms with Crippen LogP contribution in [0.5, 0.6) is 11.5 Å². The van der Waals surface area contributed by atoms with Crippen LogP contribution in [0, 0.1) is 0 Å². The molecule has 116 valence electrons. The highest BCUT2D eigenvalue weighted by molar-refractivity contribution is 8.18. The second-order valence-electron chi connectivity index (χ2n) is 4.19. The monoisotopic (exact) mass is 322 g/mol. The van der Waals surface area contributed by atoms with Crippen LogP contribution in [0.25, 0.3) is 6.08 Å². The van der Waals surface area contributed by atoms with Crippen molar-refractivity contribution in [2.45, 2.75) is 6.92 Å². The van der Waals surface area contributed by atoms with Gasteiger partial charge in [0.1, 0.15) is 0 Å². The van der Waals surface area contributed by atoms with Crippen LogP contribution in [0.1, 0.15) is 12.5 Å². The number of aliphatic carboxylic acids is 1. The topological polar surface area (TPSA) is 111 Å². The van der Waals surface area contributed by atoms with E-state index >= 15 is 0 Å². The number of benzene rings is 1. The van der Waals surface area contributed by atoms with Crippen molar-refractivity contribution in [3.8, 4) is 11.5 Å². The predicted octanol–water partition coefficient (Wildman–Crippen LogP) is 1.48. The summed E-state index contributed by atoms with van der Waals surface area (Å²) in [5.41, 5.74) is 6.19. The summed E-state index contributed by atoms with van der Waals surface area (Å²) < 4.78 is 10.6. The van der Waals surface area contributed by atoms with E-state index in [9.17, 15) is 9.59 Å². The molecule has 0 fully saturated rings. The van der Waals surface area contributed by atoms with Gasteiger partial charge in [0.2, 0.25) is 0 Å². The fourth-order valence-electron chi connectivity index (χ4n) is 1.72. The molecular formula is C14H14N2O5S. The smallest absolute Gasteiger partial charge is 0.341 e. The molecule has 2 rings (SSSR count). The number of hydrogen-bond acceptors (Lipinski definition) is 6. The van der Waals surface area contributed by atoms with Crippen molar-refractivity contribution in [2.75, 3.05) is 13.2 Å². The Kier molecular flexibility index (Phi) is 5.05. The number of rotatable bonds is 6. The number of carboxylic acids is 1. The lowest BCUT2D eigenvalue weighted by molar-refractivity contribution is -0.139. The molecule has 1 aliphatic heterocycles. The van der Waals surface area contributed by atoms with Crippen LogP contribution in [0.2, 0.25) is 0 Å². The first-order valence-electron chi connectivity index (χ1n) is 6.39.